The van der Waals surface area contributed by atoms with E-state index < -0.39 is 7.12 Å². The van der Waals surface area contributed by atoms with Crippen LogP contribution in [0.1, 0.15) is 5.69 Å². The molecule has 0 saturated carbocycles. The van der Waals surface area contributed by atoms with Gasteiger partial charge in [-0.25, -0.2) is 0 Å². The molecule has 4 heteroatoms. The quantitative estimate of drug-likeness (QED) is 0.625. The minimum absolute atomic E-state index is 0.623. The molecule has 0 atom stereocenters. The Balaban J connectivity index is 2.43. The first-order valence-corrected chi connectivity index (χ1v) is 3.72. The average Bonchev–Trinajstić information content (AvgIpc) is 2.05. The van der Waals surface area contributed by atoms with Crippen molar-refractivity contribution < 1.29 is 10.0 Å². The highest BCUT2D eigenvalue weighted by atomic mass is 16.4. The lowest BCUT2D eigenvalue weighted by atomic mass is 9.91. The fourth-order valence-corrected chi connectivity index (χ4v) is 0.829. The second-order valence-electron chi connectivity index (χ2n) is 2.37. The summed E-state index contributed by atoms with van der Waals surface area (Å²) in [6, 6.07) is 5.62. The highest BCUT2D eigenvalue weighted by Crippen LogP contribution is 1.95. The van der Waals surface area contributed by atoms with Gasteiger partial charge in [-0.3, -0.25) is 4.98 Å². The minimum atomic E-state index is -1.37. The first-order chi connectivity index (χ1) is 5.79. The van der Waals surface area contributed by atoms with E-state index in [1.807, 2.05) is 18.2 Å². The van der Waals surface area contributed by atoms with Gasteiger partial charge in [0.25, 0.3) is 0 Å². The van der Waals surface area contributed by atoms with Crippen LogP contribution in [0, 0.1) is 0 Å². The molecule has 1 aromatic rings. The van der Waals surface area contributed by atoms with Crippen molar-refractivity contribution in [1.29, 1.82) is 0 Å². The Hall–Kier alpha value is -1.13. The zero-order chi connectivity index (χ0) is 8.81. The Morgan fingerprint density at radius 2 is 2.25 bits per heavy atom. The van der Waals surface area contributed by atoms with Gasteiger partial charge in [0.1, 0.15) is 0 Å². The minimum Gasteiger partial charge on any atom is -0.424 e. The van der Waals surface area contributed by atoms with E-state index in [1.165, 1.54) is 5.98 Å². The number of pyridine rings is 1. The lowest BCUT2D eigenvalue weighted by molar-refractivity contribution is 0.424. The summed E-state index contributed by atoms with van der Waals surface area (Å²) in [5.74, 6) is 1.31. The summed E-state index contributed by atoms with van der Waals surface area (Å²) in [5.41, 5.74) is 0.911. The van der Waals surface area contributed by atoms with Crippen LogP contribution in [0.15, 0.2) is 36.4 Å². The molecule has 1 aromatic heterocycles. The Morgan fingerprint density at radius 3 is 2.83 bits per heavy atom. The van der Waals surface area contributed by atoms with Gasteiger partial charge in [-0.1, -0.05) is 18.1 Å². The number of hydrogen-bond acceptors (Lipinski definition) is 3. The Bertz CT molecular complexity index is 248. The van der Waals surface area contributed by atoms with Crippen molar-refractivity contribution in [2.75, 3.05) is 0 Å². The van der Waals surface area contributed by atoms with E-state index in [9.17, 15) is 0 Å². The fraction of sp³-hybridized carbons (Fsp3) is 0.125. The van der Waals surface area contributed by atoms with Crippen molar-refractivity contribution in [2.24, 2.45) is 0 Å². The average molecular weight is 163 g/mol. The Morgan fingerprint density at radius 1 is 1.42 bits per heavy atom. The van der Waals surface area contributed by atoms with Crippen molar-refractivity contribution in [2.45, 2.75) is 6.42 Å². The maximum Gasteiger partial charge on any atom is 0.480 e. The van der Waals surface area contributed by atoms with Crippen LogP contribution in [-0.4, -0.2) is 22.2 Å². The van der Waals surface area contributed by atoms with E-state index in [-0.39, 0.29) is 0 Å². The molecule has 1 heterocycles. The second kappa shape index (κ2) is 4.69. The molecule has 0 saturated heterocycles. The summed E-state index contributed by atoms with van der Waals surface area (Å²) < 4.78 is 0. The van der Waals surface area contributed by atoms with E-state index >= 15 is 0 Å². The van der Waals surface area contributed by atoms with Crippen molar-refractivity contribution in [3.05, 3.63) is 42.1 Å². The van der Waals surface area contributed by atoms with Gasteiger partial charge in [0.05, 0.1) is 0 Å². The standard InChI is InChI=1S/C8H10BNO2/c11-9(12)6-3-5-8-4-1-2-7-10-8/h1-4,6-7,11-12H,5H2/b6-3+. The zero-order valence-corrected chi connectivity index (χ0v) is 6.59. The summed E-state index contributed by atoms with van der Waals surface area (Å²) in [6.45, 7) is 0. The van der Waals surface area contributed by atoms with Gasteiger partial charge in [-0.05, 0) is 12.1 Å². The van der Waals surface area contributed by atoms with Crippen LogP contribution in [0.4, 0.5) is 0 Å². The van der Waals surface area contributed by atoms with Crippen LogP contribution < -0.4 is 0 Å². The second-order valence-corrected chi connectivity index (χ2v) is 2.37. The molecule has 0 bridgehead atoms. The summed E-state index contributed by atoms with van der Waals surface area (Å²) >= 11 is 0. The van der Waals surface area contributed by atoms with Gasteiger partial charge >= 0.3 is 7.12 Å². The van der Waals surface area contributed by atoms with Crippen molar-refractivity contribution in [3.8, 4) is 0 Å². The molecule has 0 unspecified atom stereocenters. The number of rotatable bonds is 3. The van der Waals surface area contributed by atoms with Crippen molar-refractivity contribution in [3.63, 3.8) is 0 Å². The highest BCUT2D eigenvalue weighted by molar-refractivity contribution is 6.47. The third-order valence-corrected chi connectivity index (χ3v) is 1.36. The molecule has 2 N–H and O–H groups in total. The molecule has 3 nitrogen and oxygen atoms in total. The molecular formula is C8H10BNO2. The number of aromatic nitrogens is 1. The summed E-state index contributed by atoms with van der Waals surface area (Å²) in [6.07, 6.45) is 4.00. The number of nitrogens with zero attached hydrogens (tertiary/aromatic N) is 1. The largest absolute Gasteiger partial charge is 0.480 e. The molecule has 1 rings (SSSR count). The molecular weight excluding hydrogens is 153 g/mol. The molecule has 0 aliphatic carbocycles. The van der Waals surface area contributed by atoms with Gasteiger partial charge in [0, 0.05) is 18.3 Å². The number of hydrogen-bond donors (Lipinski definition) is 2. The van der Waals surface area contributed by atoms with Crippen molar-refractivity contribution >= 4 is 7.12 Å². The molecule has 0 aliphatic heterocycles. The lowest BCUT2D eigenvalue weighted by Crippen LogP contribution is -2.05. The third kappa shape index (κ3) is 3.32. The van der Waals surface area contributed by atoms with Crippen LogP contribution in [0.3, 0.4) is 0 Å². The first kappa shape index (κ1) is 8.97. The smallest absolute Gasteiger partial charge is 0.424 e. The zero-order valence-electron chi connectivity index (χ0n) is 6.59. The van der Waals surface area contributed by atoms with E-state index in [1.54, 1.807) is 12.3 Å². The lowest BCUT2D eigenvalue weighted by Gasteiger charge is -1.92. The van der Waals surface area contributed by atoms with Crippen LogP contribution in [-0.2, 0) is 6.42 Å². The van der Waals surface area contributed by atoms with Gasteiger partial charge in [0.15, 0.2) is 0 Å². The van der Waals surface area contributed by atoms with Crippen LogP contribution >= 0.6 is 0 Å². The van der Waals surface area contributed by atoms with E-state index in [0.29, 0.717) is 6.42 Å². The van der Waals surface area contributed by atoms with Gasteiger partial charge < -0.3 is 10.0 Å². The van der Waals surface area contributed by atoms with E-state index in [4.69, 9.17) is 10.0 Å². The van der Waals surface area contributed by atoms with Gasteiger partial charge in [0.2, 0.25) is 0 Å². The predicted molar refractivity (Wildman–Crippen MR) is 47.3 cm³/mol. The molecule has 0 spiro atoms. The van der Waals surface area contributed by atoms with Crippen LogP contribution in [0.2, 0.25) is 0 Å². The maximum atomic E-state index is 8.48. The fourth-order valence-electron chi connectivity index (χ4n) is 0.829. The first-order valence-electron chi connectivity index (χ1n) is 3.72. The topological polar surface area (TPSA) is 53.4 Å². The summed E-state index contributed by atoms with van der Waals surface area (Å²) in [7, 11) is -1.37. The molecule has 0 fully saturated rings. The van der Waals surface area contributed by atoms with Crippen LogP contribution in [0.25, 0.3) is 0 Å². The SMILES string of the molecule is OB(O)/C=C/Cc1ccccn1. The number of allylic oxidation sites excluding steroid dienone is 1. The predicted octanol–water partition coefficient (Wildman–Crippen LogP) is 0.192. The van der Waals surface area contributed by atoms with Crippen molar-refractivity contribution in [1.82, 2.24) is 4.98 Å². The normalized spacial score (nSPS) is 10.5. The van der Waals surface area contributed by atoms with Gasteiger partial charge in [-0.2, -0.15) is 0 Å². The molecule has 0 aromatic carbocycles. The van der Waals surface area contributed by atoms with E-state index in [2.05, 4.69) is 4.98 Å². The third-order valence-electron chi connectivity index (χ3n) is 1.36. The summed E-state index contributed by atoms with van der Waals surface area (Å²) in [4.78, 5) is 4.06. The molecule has 12 heavy (non-hydrogen) atoms. The monoisotopic (exact) mass is 163 g/mol. The van der Waals surface area contributed by atoms with E-state index in [0.717, 1.165) is 5.69 Å². The molecule has 62 valence electrons. The van der Waals surface area contributed by atoms with Gasteiger partial charge in [-0.15, -0.1) is 0 Å². The Labute approximate surface area is 71.5 Å². The Kier molecular flexibility index (Phi) is 3.51. The molecule has 0 radical (unpaired) electrons. The summed E-state index contributed by atoms with van der Waals surface area (Å²) in [5, 5.41) is 17.0. The van der Waals surface area contributed by atoms with Crippen LogP contribution in [0.5, 0.6) is 0 Å². The maximum absolute atomic E-state index is 8.48. The molecule has 0 amide bonds. The molecule has 0 aliphatic rings. The highest BCUT2D eigenvalue weighted by Gasteiger charge is 1.97.